The zero-order valence-corrected chi connectivity index (χ0v) is 17.6. The maximum Gasteiger partial charge on any atom is 0.244 e. The van der Waals surface area contributed by atoms with Gasteiger partial charge in [0.15, 0.2) is 6.61 Å². The molecule has 0 radical (unpaired) electrons. The quantitative estimate of drug-likeness (QED) is 0.427. The third kappa shape index (κ3) is 4.67. The number of aryl methyl sites for hydroxylation is 2. The van der Waals surface area contributed by atoms with E-state index in [2.05, 4.69) is 5.32 Å². The summed E-state index contributed by atoms with van der Waals surface area (Å²) in [5.41, 5.74) is 4.33. The van der Waals surface area contributed by atoms with Crippen LogP contribution < -0.4 is 10.1 Å². The molecule has 5 heteroatoms. The molecule has 0 unspecified atom stereocenters. The molecule has 0 fully saturated rings. The molecule has 3 aromatic carbocycles. The summed E-state index contributed by atoms with van der Waals surface area (Å²) in [5, 5.41) is 3.78. The lowest BCUT2D eigenvalue weighted by molar-refractivity contribution is -0.116. The van der Waals surface area contributed by atoms with Crippen molar-refractivity contribution in [2.75, 3.05) is 11.9 Å². The number of Topliss-reactive ketones (excluding diaryl/α,β-unsaturated/α-hetero) is 1. The molecule has 4 rings (SSSR count). The first-order valence-electron chi connectivity index (χ1n) is 10.2. The zero-order valence-electron chi connectivity index (χ0n) is 17.6. The van der Waals surface area contributed by atoms with Crippen LogP contribution >= 0.6 is 0 Å². The Morgan fingerprint density at radius 1 is 0.935 bits per heavy atom. The molecule has 0 atom stereocenters. The Balaban J connectivity index is 1.53. The number of hydrogen-bond acceptors (Lipinski definition) is 3. The highest BCUT2D eigenvalue weighted by Gasteiger charge is 2.17. The summed E-state index contributed by atoms with van der Waals surface area (Å²) in [7, 11) is 0. The van der Waals surface area contributed by atoms with Crippen molar-refractivity contribution in [2.24, 2.45) is 0 Å². The predicted octanol–water partition coefficient (Wildman–Crippen LogP) is 5.16. The summed E-state index contributed by atoms with van der Waals surface area (Å²) in [4.78, 5) is 25.6. The van der Waals surface area contributed by atoms with Crippen LogP contribution in [0, 0.1) is 13.8 Å². The van der Waals surface area contributed by atoms with Crippen molar-refractivity contribution in [3.05, 3.63) is 95.7 Å². The molecule has 0 aliphatic rings. The van der Waals surface area contributed by atoms with E-state index in [1.165, 1.54) is 0 Å². The molecular formula is C26H24N2O3. The second-order valence-electron chi connectivity index (χ2n) is 7.58. The van der Waals surface area contributed by atoms with Gasteiger partial charge in [0.05, 0.1) is 0 Å². The largest absolute Gasteiger partial charge is 0.485 e. The average molecular weight is 412 g/mol. The van der Waals surface area contributed by atoms with Gasteiger partial charge in [-0.25, -0.2) is 0 Å². The first kappa shape index (κ1) is 20.4. The second-order valence-corrected chi connectivity index (χ2v) is 7.58. The number of ether oxygens (including phenoxy) is 1. The molecule has 0 saturated heterocycles. The third-order valence-electron chi connectivity index (χ3n) is 5.17. The SMILES string of the molecule is Cc1ccc(NC(=O)Cn2cc(C(=O)COc3ccccc3)c3ccccc32)c(C)c1. The summed E-state index contributed by atoms with van der Waals surface area (Å²) >= 11 is 0. The van der Waals surface area contributed by atoms with Crippen LogP contribution in [0.4, 0.5) is 5.69 Å². The molecule has 4 aromatic rings. The Bertz CT molecular complexity index is 1240. The average Bonchev–Trinajstić information content (AvgIpc) is 3.13. The minimum Gasteiger partial charge on any atom is -0.485 e. The predicted molar refractivity (Wildman–Crippen MR) is 123 cm³/mol. The summed E-state index contributed by atoms with van der Waals surface area (Å²) in [6, 6.07) is 22.7. The van der Waals surface area contributed by atoms with Crippen LogP contribution in [0.2, 0.25) is 0 Å². The highest BCUT2D eigenvalue weighted by Crippen LogP contribution is 2.23. The van der Waals surface area contributed by atoms with Crippen LogP contribution in [0.25, 0.3) is 10.9 Å². The molecule has 1 aromatic heterocycles. The van der Waals surface area contributed by atoms with Crippen LogP contribution in [0.5, 0.6) is 5.75 Å². The highest BCUT2D eigenvalue weighted by molar-refractivity contribution is 6.09. The molecule has 1 amide bonds. The van der Waals surface area contributed by atoms with Crippen LogP contribution in [-0.4, -0.2) is 22.9 Å². The van der Waals surface area contributed by atoms with Crippen molar-refractivity contribution < 1.29 is 14.3 Å². The van der Waals surface area contributed by atoms with Gasteiger partial charge in [-0.15, -0.1) is 0 Å². The Hall–Kier alpha value is -3.86. The van der Waals surface area contributed by atoms with Crippen molar-refractivity contribution in [1.82, 2.24) is 4.57 Å². The maximum absolute atomic E-state index is 12.9. The molecule has 156 valence electrons. The molecule has 1 N–H and O–H groups in total. The van der Waals surface area contributed by atoms with Crippen molar-refractivity contribution in [3.63, 3.8) is 0 Å². The number of nitrogens with one attached hydrogen (secondary N) is 1. The Morgan fingerprint density at radius 3 is 2.45 bits per heavy atom. The molecular weight excluding hydrogens is 388 g/mol. The number of anilines is 1. The van der Waals surface area contributed by atoms with E-state index in [0.29, 0.717) is 11.3 Å². The van der Waals surface area contributed by atoms with Gasteiger partial charge in [-0.3, -0.25) is 9.59 Å². The molecule has 0 aliphatic heterocycles. The van der Waals surface area contributed by atoms with Gasteiger partial charge >= 0.3 is 0 Å². The molecule has 0 saturated carbocycles. The second kappa shape index (κ2) is 8.88. The molecule has 5 nitrogen and oxygen atoms in total. The number of nitrogens with zero attached hydrogens (tertiary/aromatic N) is 1. The molecule has 0 bridgehead atoms. The Kier molecular flexibility index (Phi) is 5.85. The monoisotopic (exact) mass is 412 g/mol. The van der Waals surface area contributed by atoms with E-state index < -0.39 is 0 Å². The van der Waals surface area contributed by atoms with Crippen molar-refractivity contribution in [3.8, 4) is 5.75 Å². The van der Waals surface area contributed by atoms with Gasteiger partial charge in [-0.05, 0) is 43.7 Å². The lowest BCUT2D eigenvalue weighted by Gasteiger charge is -2.10. The van der Waals surface area contributed by atoms with Gasteiger partial charge in [-0.2, -0.15) is 0 Å². The normalized spacial score (nSPS) is 10.8. The zero-order chi connectivity index (χ0) is 21.8. The molecule has 31 heavy (non-hydrogen) atoms. The minimum atomic E-state index is -0.146. The Labute approximate surface area is 181 Å². The summed E-state index contributed by atoms with van der Waals surface area (Å²) in [5.74, 6) is 0.369. The van der Waals surface area contributed by atoms with Crippen LogP contribution in [-0.2, 0) is 11.3 Å². The van der Waals surface area contributed by atoms with Gasteiger partial charge in [0.2, 0.25) is 11.7 Å². The van der Waals surface area contributed by atoms with E-state index in [0.717, 1.165) is 27.7 Å². The minimum absolute atomic E-state index is 0.0627. The number of hydrogen-bond donors (Lipinski definition) is 1. The van der Waals surface area contributed by atoms with E-state index in [9.17, 15) is 9.59 Å². The van der Waals surface area contributed by atoms with Gasteiger partial charge in [0.1, 0.15) is 12.3 Å². The first-order chi connectivity index (χ1) is 15.0. The standard InChI is InChI=1S/C26H24N2O3/c1-18-12-13-23(19(2)14-18)27-26(30)16-28-15-22(21-10-6-7-11-24(21)28)25(29)17-31-20-8-4-3-5-9-20/h3-15H,16-17H2,1-2H3,(H,27,30). The molecule has 0 aliphatic carbocycles. The lowest BCUT2D eigenvalue weighted by Crippen LogP contribution is -2.19. The summed E-state index contributed by atoms with van der Waals surface area (Å²) in [6.45, 7) is 4.04. The van der Waals surface area contributed by atoms with Crippen molar-refractivity contribution >= 4 is 28.3 Å². The fourth-order valence-corrected chi connectivity index (χ4v) is 3.64. The van der Waals surface area contributed by atoms with Crippen LogP contribution in [0.1, 0.15) is 21.5 Å². The number of fused-ring (bicyclic) bond motifs is 1. The number of aromatic nitrogens is 1. The Morgan fingerprint density at radius 2 is 1.68 bits per heavy atom. The topological polar surface area (TPSA) is 60.3 Å². The fourth-order valence-electron chi connectivity index (χ4n) is 3.64. The van der Waals surface area contributed by atoms with E-state index in [1.807, 2.05) is 91.2 Å². The number of carbonyl (C=O) groups excluding carboxylic acids is 2. The number of amides is 1. The molecule has 1 heterocycles. The van der Waals surface area contributed by atoms with E-state index in [-0.39, 0.29) is 24.8 Å². The maximum atomic E-state index is 12.9. The summed E-state index contributed by atoms with van der Waals surface area (Å²) in [6.07, 6.45) is 1.74. The number of carbonyl (C=O) groups is 2. The van der Waals surface area contributed by atoms with E-state index in [4.69, 9.17) is 4.74 Å². The number of rotatable bonds is 7. The third-order valence-corrected chi connectivity index (χ3v) is 5.17. The lowest BCUT2D eigenvalue weighted by atomic mass is 10.1. The first-order valence-corrected chi connectivity index (χ1v) is 10.2. The molecule has 0 spiro atoms. The van der Waals surface area contributed by atoms with Gasteiger partial charge in [0, 0.05) is 28.4 Å². The number of para-hydroxylation sites is 2. The fraction of sp³-hybridized carbons (Fsp3) is 0.154. The number of ketones is 1. The van der Waals surface area contributed by atoms with Crippen LogP contribution in [0.3, 0.4) is 0 Å². The van der Waals surface area contributed by atoms with E-state index >= 15 is 0 Å². The van der Waals surface area contributed by atoms with E-state index in [1.54, 1.807) is 6.20 Å². The van der Waals surface area contributed by atoms with Crippen molar-refractivity contribution in [1.29, 1.82) is 0 Å². The smallest absolute Gasteiger partial charge is 0.244 e. The van der Waals surface area contributed by atoms with Gasteiger partial charge in [-0.1, -0.05) is 54.1 Å². The van der Waals surface area contributed by atoms with Crippen LogP contribution in [0.15, 0.2) is 79.0 Å². The van der Waals surface area contributed by atoms with Gasteiger partial charge < -0.3 is 14.6 Å². The van der Waals surface area contributed by atoms with Gasteiger partial charge in [0.25, 0.3) is 0 Å². The van der Waals surface area contributed by atoms with Crippen molar-refractivity contribution in [2.45, 2.75) is 20.4 Å². The number of benzene rings is 3. The highest BCUT2D eigenvalue weighted by atomic mass is 16.5. The summed E-state index contributed by atoms with van der Waals surface area (Å²) < 4.78 is 7.43.